The standard InChI is InChI=1S/C16H15BrN2O2/c1-9-2-4-12(13(17)6-9)15-18-8-11-7-10(16(20)21)3-5-14(11)19-15/h2,4,6,8,10H,3,5,7H2,1H3,(H,20,21). The zero-order valence-electron chi connectivity index (χ0n) is 11.6. The number of benzene rings is 1. The predicted octanol–water partition coefficient (Wildman–Crippen LogP) is 3.40. The first-order chi connectivity index (χ1) is 10.0. The lowest BCUT2D eigenvalue weighted by Gasteiger charge is -2.20. The first-order valence-corrected chi connectivity index (χ1v) is 7.68. The lowest BCUT2D eigenvalue weighted by atomic mass is 9.87. The number of carboxylic acid groups (broad SMARTS) is 1. The summed E-state index contributed by atoms with van der Waals surface area (Å²) in [4.78, 5) is 20.1. The summed E-state index contributed by atoms with van der Waals surface area (Å²) in [5.41, 5.74) is 4.07. The number of carbonyl (C=O) groups is 1. The summed E-state index contributed by atoms with van der Waals surface area (Å²) in [6.07, 6.45) is 3.65. The number of rotatable bonds is 2. The number of aromatic nitrogens is 2. The summed E-state index contributed by atoms with van der Waals surface area (Å²) < 4.78 is 0.974. The largest absolute Gasteiger partial charge is 0.481 e. The van der Waals surface area contributed by atoms with Gasteiger partial charge in [-0.2, -0.15) is 0 Å². The Balaban J connectivity index is 1.95. The SMILES string of the molecule is Cc1ccc(-c2ncc3c(n2)CCC(C(=O)O)C3)c(Br)c1. The van der Waals surface area contributed by atoms with Crippen molar-refractivity contribution < 1.29 is 9.90 Å². The number of nitrogens with zero attached hydrogens (tertiary/aromatic N) is 2. The lowest BCUT2D eigenvalue weighted by molar-refractivity contribution is -0.142. The van der Waals surface area contributed by atoms with Crippen molar-refractivity contribution in [1.82, 2.24) is 9.97 Å². The molecule has 1 N–H and O–H groups in total. The Bertz CT molecular complexity index is 715. The molecule has 0 saturated heterocycles. The molecule has 0 saturated carbocycles. The second kappa shape index (κ2) is 5.56. The van der Waals surface area contributed by atoms with Gasteiger partial charge in [0.2, 0.25) is 0 Å². The van der Waals surface area contributed by atoms with Gasteiger partial charge in [0.25, 0.3) is 0 Å². The lowest BCUT2D eigenvalue weighted by Crippen LogP contribution is -2.23. The molecule has 4 nitrogen and oxygen atoms in total. The molecule has 1 unspecified atom stereocenters. The van der Waals surface area contributed by atoms with Crippen LogP contribution in [0.4, 0.5) is 0 Å². The first kappa shape index (κ1) is 14.2. The zero-order valence-corrected chi connectivity index (χ0v) is 13.2. The molecule has 0 amide bonds. The van der Waals surface area contributed by atoms with E-state index >= 15 is 0 Å². The zero-order chi connectivity index (χ0) is 15.0. The Labute approximate surface area is 131 Å². The van der Waals surface area contributed by atoms with Crippen LogP contribution in [0.2, 0.25) is 0 Å². The number of fused-ring (bicyclic) bond motifs is 1. The highest BCUT2D eigenvalue weighted by molar-refractivity contribution is 9.10. The third kappa shape index (κ3) is 2.83. The van der Waals surface area contributed by atoms with E-state index in [4.69, 9.17) is 5.11 Å². The Morgan fingerprint density at radius 1 is 1.43 bits per heavy atom. The van der Waals surface area contributed by atoms with E-state index in [0.717, 1.165) is 21.3 Å². The maximum absolute atomic E-state index is 11.1. The van der Waals surface area contributed by atoms with Crippen LogP contribution in [0.15, 0.2) is 28.9 Å². The van der Waals surface area contributed by atoms with Crippen LogP contribution >= 0.6 is 15.9 Å². The predicted molar refractivity (Wildman–Crippen MR) is 83.1 cm³/mol. The van der Waals surface area contributed by atoms with Crippen molar-refractivity contribution >= 4 is 21.9 Å². The molecule has 0 aliphatic heterocycles. The van der Waals surface area contributed by atoms with Crippen molar-refractivity contribution in [2.45, 2.75) is 26.2 Å². The van der Waals surface area contributed by atoms with Gasteiger partial charge >= 0.3 is 5.97 Å². The molecule has 0 bridgehead atoms. The van der Waals surface area contributed by atoms with Crippen LogP contribution in [0.3, 0.4) is 0 Å². The van der Waals surface area contributed by atoms with E-state index in [1.54, 1.807) is 6.20 Å². The summed E-state index contributed by atoms with van der Waals surface area (Å²) >= 11 is 3.55. The van der Waals surface area contributed by atoms with Crippen LogP contribution < -0.4 is 0 Å². The summed E-state index contributed by atoms with van der Waals surface area (Å²) in [7, 11) is 0. The molecule has 1 aliphatic carbocycles. The molecular formula is C16H15BrN2O2. The fraction of sp³-hybridized carbons (Fsp3) is 0.312. The van der Waals surface area contributed by atoms with Gasteiger partial charge in [0.15, 0.2) is 5.82 Å². The summed E-state index contributed by atoms with van der Waals surface area (Å²) in [5.74, 6) is -0.349. The van der Waals surface area contributed by atoms with Gasteiger partial charge in [0.05, 0.1) is 5.92 Å². The second-order valence-corrected chi connectivity index (χ2v) is 6.28. The number of hydrogen-bond donors (Lipinski definition) is 1. The maximum Gasteiger partial charge on any atom is 0.306 e. The summed E-state index contributed by atoms with van der Waals surface area (Å²) in [6, 6.07) is 6.08. The van der Waals surface area contributed by atoms with Gasteiger partial charge in [0.1, 0.15) is 0 Å². The van der Waals surface area contributed by atoms with Crippen molar-refractivity contribution in [3.8, 4) is 11.4 Å². The van der Waals surface area contributed by atoms with E-state index < -0.39 is 5.97 Å². The maximum atomic E-state index is 11.1. The van der Waals surface area contributed by atoms with Crippen molar-refractivity contribution in [2.24, 2.45) is 5.92 Å². The van der Waals surface area contributed by atoms with E-state index in [0.29, 0.717) is 25.1 Å². The Morgan fingerprint density at radius 2 is 2.24 bits per heavy atom. The summed E-state index contributed by atoms with van der Waals surface area (Å²) in [5, 5.41) is 9.11. The first-order valence-electron chi connectivity index (χ1n) is 6.88. The van der Waals surface area contributed by atoms with Gasteiger partial charge in [-0.1, -0.05) is 22.0 Å². The van der Waals surface area contributed by atoms with Crippen LogP contribution in [0, 0.1) is 12.8 Å². The van der Waals surface area contributed by atoms with Gasteiger partial charge in [0, 0.05) is 21.9 Å². The van der Waals surface area contributed by atoms with Crippen LogP contribution in [0.25, 0.3) is 11.4 Å². The number of aliphatic carboxylic acids is 1. The third-order valence-electron chi connectivity index (χ3n) is 3.86. The topological polar surface area (TPSA) is 63.1 Å². The fourth-order valence-electron chi connectivity index (χ4n) is 2.65. The molecular weight excluding hydrogens is 332 g/mol. The molecule has 0 fully saturated rings. The van der Waals surface area contributed by atoms with E-state index in [1.165, 1.54) is 5.56 Å². The molecule has 3 rings (SSSR count). The minimum atomic E-state index is -0.731. The number of hydrogen-bond acceptors (Lipinski definition) is 3. The van der Waals surface area contributed by atoms with Crippen molar-refractivity contribution in [3.05, 3.63) is 45.7 Å². The number of aryl methyl sites for hydroxylation is 2. The Kier molecular flexibility index (Phi) is 3.76. The van der Waals surface area contributed by atoms with Crippen LogP contribution in [-0.4, -0.2) is 21.0 Å². The number of halogens is 1. The highest BCUT2D eigenvalue weighted by atomic mass is 79.9. The Hall–Kier alpha value is -1.75. The van der Waals surface area contributed by atoms with E-state index in [9.17, 15) is 4.79 Å². The quantitative estimate of drug-likeness (QED) is 0.904. The van der Waals surface area contributed by atoms with Gasteiger partial charge in [-0.3, -0.25) is 4.79 Å². The molecule has 5 heteroatoms. The minimum Gasteiger partial charge on any atom is -0.481 e. The smallest absolute Gasteiger partial charge is 0.306 e. The van der Waals surface area contributed by atoms with Gasteiger partial charge < -0.3 is 5.11 Å². The molecule has 1 aromatic carbocycles. The highest BCUT2D eigenvalue weighted by Gasteiger charge is 2.25. The van der Waals surface area contributed by atoms with Crippen LogP contribution in [-0.2, 0) is 17.6 Å². The normalized spacial score (nSPS) is 17.3. The molecule has 1 heterocycles. The number of carboxylic acids is 1. The van der Waals surface area contributed by atoms with E-state index in [-0.39, 0.29) is 5.92 Å². The molecule has 0 spiro atoms. The average molecular weight is 347 g/mol. The highest BCUT2D eigenvalue weighted by Crippen LogP contribution is 2.29. The average Bonchev–Trinajstić information content (AvgIpc) is 2.46. The van der Waals surface area contributed by atoms with Crippen LogP contribution in [0.5, 0.6) is 0 Å². The van der Waals surface area contributed by atoms with Gasteiger partial charge in [-0.25, -0.2) is 9.97 Å². The molecule has 2 aromatic rings. The van der Waals surface area contributed by atoms with Gasteiger partial charge in [-0.15, -0.1) is 0 Å². The monoisotopic (exact) mass is 346 g/mol. The Morgan fingerprint density at radius 3 is 2.95 bits per heavy atom. The fourth-order valence-corrected chi connectivity index (χ4v) is 3.32. The molecule has 0 radical (unpaired) electrons. The molecule has 1 aliphatic rings. The van der Waals surface area contributed by atoms with Crippen molar-refractivity contribution in [1.29, 1.82) is 0 Å². The van der Waals surface area contributed by atoms with Crippen LogP contribution in [0.1, 0.15) is 23.2 Å². The van der Waals surface area contributed by atoms with Crippen molar-refractivity contribution in [3.63, 3.8) is 0 Å². The molecule has 1 atom stereocenters. The van der Waals surface area contributed by atoms with E-state index in [1.807, 2.05) is 25.1 Å². The van der Waals surface area contributed by atoms with Gasteiger partial charge in [-0.05, 0) is 49.4 Å². The van der Waals surface area contributed by atoms with E-state index in [2.05, 4.69) is 25.9 Å². The summed E-state index contributed by atoms with van der Waals surface area (Å²) in [6.45, 7) is 2.04. The molecule has 108 valence electrons. The minimum absolute atomic E-state index is 0.307. The van der Waals surface area contributed by atoms with Crippen molar-refractivity contribution in [2.75, 3.05) is 0 Å². The second-order valence-electron chi connectivity index (χ2n) is 5.43. The third-order valence-corrected chi connectivity index (χ3v) is 4.52. The molecule has 1 aromatic heterocycles. The molecule has 21 heavy (non-hydrogen) atoms.